The van der Waals surface area contributed by atoms with Crippen molar-refractivity contribution in [1.82, 2.24) is 9.63 Å². The average molecular weight is 354 g/mol. The summed E-state index contributed by atoms with van der Waals surface area (Å²) in [5.74, 6) is 0.913. The van der Waals surface area contributed by atoms with Crippen LogP contribution in [0.3, 0.4) is 0 Å². The molecule has 0 spiro atoms. The number of hydrogen-bond acceptors (Lipinski definition) is 4. The molecule has 0 atom stereocenters. The van der Waals surface area contributed by atoms with Crippen LogP contribution in [0.4, 0.5) is 0 Å². The summed E-state index contributed by atoms with van der Waals surface area (Å²) in [6.07, 6.45) is 8.39. The molecule has 1 aliphatic carbocycles. The molecule has 0 unspecified atom stereocenters. The second-order valence-electron chi connectivity index (χ2n) is 7.23. The number of nitrogens with zero attached hydrogens (tertiary/aromatic N) is 2. The lowest BCUT2D eigenvalue weighted by Crippen LogP contribution is -2.46. The molecule has 1 saturated carbocycles. The lowest BCUT2D eigenvalue weighted by molar-refractivity contribution is 0.0493. The second kappa shape index (κ2) is 7.54. The number of benzene rings is 1. The molecule has 2 heterocycles. The molecule has 0 amide bonds. The molecule has 2 fully saturated rings. The molecule has 2 aliphatic rings. The Labute approximate surface area is 154 Å². The van der Waals surface area contributed by atoms with Crippen LogP contribution in [0, 0.1) is 0 Å². The fourth-order valence-electron chi connectivity index (χ4n) is 3.81. The van der Waals surface area contributed by atoms with E-state index in [1.165, 1.54) is 37.2 Å². The Morgan fingerprint density at radius 1 is 0.923 bits per heavy atom. The maximum Gasteiger partial charge on any atom is 0.282 e. The highest BCUT2D eigenvalue weighted by Gasteiger charge is 2.29. The van der Waals surface area contributed by atoms with Gasteiger partial charge in [-0.2, -0.15) is 4.73 Å². The van der Waals surface area contributed by atoms with Crippen LogP contribution < -0.4 is 15.1 Å². The first-order valence-electron chi connectivity index (χ1n) is 9.51. The van der Waals surface area contributed by atoms with Gasteiger partial charge in [0.25, 0.3) is 5.56 Å². The van der Waals surface area contributed by atoms with Gasteiger partial charge in [0.15, 0.2) is 0 Å². The van der Waals surface area contributed by atoms with Crippen LogP contribution in [0.1, 0.15) is 32.1 Å². The zero-order valence-electron chi connectivity index (χ0n) is 15.3. The predicted molar refractivity (Wildman–Crippen MR) is 102 cm³/mol. The van der Waals surface area contributed by atoms with Crippen LogP contribution in [0.15, 0.2) is 47.4 Å². The van der Waals surface area contributed by atoms with E-state index in [1.807, 2.05) is 30.3 Å². The number of pyridine rings is 1. The second-order valence-corrected chi connectivity index (χ2v) is 7.23. The number of hydrogen-bond donors (Lipinski definition) is 0. The fourth-order valence-corrected chi connectivity index (χ4v) is 3.81. The Kier molecular flexibility index (Phi) is 4.98. The van der Waals surface area contributed by atoms with E-state index < -0.39 is 0 Å². The number of aromatic nitrogens is 1. The van der Waals surface area contributed by atoms with Gasteiger partial charge >= 0.3 is 0 Å². The number of rotatable bonds is 5. The molecule has 138 valence electrons. The maximum absolute atomic E-state index is 11.6. The van der Waals surface area contributed by atoms with Gasteiger partial charge in [0.1, 0.15) is 19.0 Å². The molecular weight excluding hydrogens is 328 g/mol. The molecule has 5 nitrogen and oxygen atoms in total. The molecule has 26 heavy (non-hydrogen) atoms. The SMILES string of the molecule is COn1cc(-c2ccc(OC3CCN(C4CCC4)CC3)cc2)ccc1=O. The Hall–Kier alpha value is -2.27. The number of piperidine rings is 1. The smallest absolute Gasteiger partial charge is 0.282 e. The summed E-state index contributed by atoms with van der Waals surface area (Å²) in [7, 11) is 1.48. The van der Waals surface area contributed by atoms with Gasteiger partial charge in [-0.1, -0.05) is 18.6 Å². The van der Waals surface area contributed by atoms with E-state index >= 15 is 0 Å². The highest BCUT2D eigenvalue weighted by atomic mass is 16.6. The minimum absolute atomic E-state index is 0.176. The van der Waals surface area contributed by atoms with Crippen LogP contribution >= 0.6 is 0 Å². The van der Waals surface area contributed by atoms with Crippen LogP contribution in [0.2, 0.25) is 0 Å². The summed E-state index contributed by atoms with van der Waals surface area (Å²) in [6.45, 7) is 2.32. The Bertz CT molecular complexity index is 788. The zero-order valence-corrected chi connectivity index (χ0v) is 15.3. The molecule has 0 radical (unpaired) electrons. The molecule has 2 aromatic rings. The van der Waals surface area contributed by atoms with Gasteiger partial charge in [0.2, 0.25) is 0 Å². The molecule has 5 heteroatoms. The van der Waals surface area contributed by atoms with E-state index in [0.717, 1.165) is 48.8 Å². The highest BCUT2D eigenvalue weighted by Crippen LogP contribution is 2.29. The summed E-state index contributed by atoms with van der Waals surface area (Å²) < 4.78 is 7.42. The normalized spacial score (nSPS) is 19.1. The van der Waals surface area contributed by atoms with Crippen molar-refractivity contribution in [3.63, 3.8) is 0 Å². The molecule has 0 N–H and O–H groups in total. The minimum atomic E-state index is -0.176. The molecular formula is C21H26N2O3. The topological polar surface area (TPSA) is 43.7 Å². The standard InChI is InChI=1S/C21H26N2O3/c1-25-23-15-17(7-10-21(23)24)16-5-8-19(9-6-16)26-20-11-13-22(14-12-20)18-3-2-4-18/h5-10,15,18,20H,2-4,11-14H2,1H3. The summed E-state index contributed by atoms with van der Waals surface area (Å²) in [5.41, 5.74) is 1.79. The van der Waals surface area contributed by atoms with Crippen molar-refractivity contribution in [2.24, 2.45) is 0 Å². The minimum Gasteiger partial charge on any atom is -0.490 e. The summed E-state index contributed by atoms with van der Waals surface area (Å²) >= 11 is 0. The van der Waals surface area contributed by atoms with Gasteiger partial charge in [0, 0.05) is 30.8 Å². The summed E-state index contributed by atoms with van der Waals surface area (Å²) in [4.78, 5) is 19.3. The zero-order chi connectivity index (χ0) is 17.9. The van der Waals surface area contributed by atoms with Gasteiger partial charge in [-0.15, -0.1) is 0 Å². The lowest BCUT2D eigenvalue weighted by atomic mass is 9.90. The van der Waals surface area contributed by atoms with E-state index in [1.54, 1.807) is 6.20 Å². The Balaban J connectivity index is 1.36. The molecule has 0 bridgehead atoms. The van der Waals surface area contributed by atoms with Crippen LogP contribution in [-0.4, -0.2) is 42.0 Å². The number of ether oxygens (including phenoxy) is 1. The molecule has 1 aromatic carbocycles. The third-order valence-electron chi connectivity index (χ3n) is 5.63. The van der Waals surface area contributed by atoms with Gasteiger partial charge < -0.3 is 14.5 Å². The van der Waals surface area contributed by atoms with E-state index in [2.05, 4.69) is 4.90 Å². The highest BCUT2D eigenvalue weighted by molar-refractivity contribution is 5.63. The van der Waals surface area contributed by atoms with Crippen molar-refractivity contribution >= 4 is 0 Å². The van der Waals surface area contributed by atoms with Gasteiger partial charge in [-0.05, 0) is 49.4 Å². The third-order valence-corrected chi connectivity index (χ3v) is 5.63. The lowest BCUT2D eigenvalue weighted by Gasteiger charge is -2.41. The third kappa shape index (κ3) is 3.63. The average Bonchev–Trinajstić information content (AvgIpc) is 2.63. The first-order chi connectivity index (χ1) is 12.7. The van der Waals surface area contributed by atoms with Crippen molar-refractivity contribution in [2.45, 2.75) is 44.2 Å². The van der Waals surface area contributed by atoms with E-state index in [9.17, 15) is 4.79 Å². The van der Waals surface area contributed by atoms with E-state index in [4.69, 9.17) is 9.57 Å². The molecule has 1 saturated heterocycles. The summed E-state index contributed by atoms with van der Waals surface area (Å²) in [6, 6.07) is 12.2. The van der Waals surface area contributed by atoms with Crippen molar-refractivity contribution in [1.29, 1.82) is 0 Å². The first-order valence-corrected chi connectivity index (χ1v) is 9.51. The van der Waals surface area contributed by atoms with Crippen LogP contribution in [0.5, 0.6) is 5.75 Å². The van der Waals surface area contributed by atoms with Crippen LogP contribution in [-0.2, 0) is 0 Å². The predicted octanol–water partition coefficient (Wildman–Crippen LogP) is 2.97. The monoisotopic (exact) mass is 354 g/mol. The Morgan fingerprint density at radius 3 is 2.23 bits per heavy atom. The first kappa shape index (κ1) is 17.2. The van der Waals surface area contributed by atoms with Crippen molar-refractivity contribution in [3.05, 3.63) is 52.9 Å². The fraction of sp³-hybridized carbons (Fsp3) is 0.476. The van der Waals surface area contributed by atoms with E-state index in [0.29, 0.717) is 6.10 Å². The largest absolute Gasteiger partial charge is 0.490 e. The van der Waals surface area contributed by atoms with Crippen LogP contribution in [0.25, 0.3) is 11.1 Å². The van der Waals surface area contributed by atoms with Crippen molar-refractivity contribution < 1.29 is 9.57 Å². The number of likely N-dealkylation sites (tertiary alicyclic amines) is 1. The molecule has 1 aromatic heterocycles. The van der Waals surface area contributed by atoms with Gasteiger partial charge in [-0.3, -0.25) is 4.79 Å². The summed E-state index contributed by atoms with van der Waals surface area (Å²) in [5, 5.41) is 0. The Morgan fingerprint density at radius 2 is 1.62 bits per heavy atom. The van der Waals surface area contributed by atoms with Gasteiger partial charge in [0.05, 0.1) is 6.20 Å². The van der Waals surface area contributed by atoms with Crippen molar-refractivity contribution in [2.75, 3.05) is 20.2 Å². The molecule has 1 aliphatic heterocycles. The van der Waals surface area contributed by atoms with E-state index in [-0.39, 0.29) is 5.56 Å². The molecule has 4 rings (SSSR count). The van der Waals surface area contributed by atoms with Crippen molar-refractivity contribution in [3.8, 4) is 16.9 Å². The quantitative estimate of drug-likeness (QED) is 0.828. The maximum atomic E-state index is 11.6. The van der Waals surface area contributed by atoms with Gasteiger partial charge in [-0.25, -0.2) is 0 Å².